The first-order valence-corrected chi connectivity index (χ1v) is 8.57. The van der Waals surface area contributed by atoms with Crippen LogP contribution < -0.4 is 4.90 Å². The number of hydrogen-bond acceptors (Lipinski definition) is 2. The van der Waals surface area contributed by atoms with Crippen molar-refractivity contribution < 1.29 is 9.59 Å². The number of fused-ring (bicyclic) bond motifs is 5. The van der Waals surface area contributed by atoms with Crippen LogP contribution in [0.4, 0.5) is 5.69 Å². The topological polar surface area (TPSA) is 37.4 Å². The number of nitrogens with zero attached hydrogens (tertiary/aromatic N) is 1. The van der Waals surface area contributed by atoms with E-state index in [9.17, 15) is 9.59 Å². The second-order valence-corrected chi connectivity index (χ2v) is 7.44. The maximum atomic E-state index is 12.8. The van der Waals surface area contributed by atoms with Gasteiger partial charge in [-0.15, -0.1) is 0 Å². The first kappa shape index (κ1) is 13.5. The minimum Gasteiger partial charge on any atom is -0.274 e. The molecule has 0 radical (unpaired) electrons. The molecule has 2 bridgehead atoms. The summed E-state index contributed by atoms with van der Waals surface area (Å²) in [6.45, 7) is 2.06. The molecule has 1 heterocycles. The zero-order chi connectivity index (χ0) is 14.7. The first-order chi connectivity index (χ1) is 10.1. The van der Waals surface area contributed by atoms with E-state index in [2.05, 4.69) is 22.9 Å². The van der Waals surface area contributed by atoms with Gasteiger partial charge in [-0.3, -0.25) is 9.59 Å². The molecule has 0 unspecified atom stereocenters. The number of amides is 2. The molecule has 3 nitrogen and oxygen atoms in total. The van der Waals surface area contributed by atoms with Crippen molar-refractivity contribution in [1.82, 2.24) is 0 Å². The Hall–Kier alpha value is -1.16. The summed E-state index contributed by atoms with van der Waals surface area (Å²) in [4.78, 5) is 27.2. The van der Waals surface area contributed by atoms with Crippen LogP contribution in [0.2, 0.25) is 0 Å². The Labute approximate surface area is 132 Å². The summed E-state index contributed by atoms with van der Waals surface area (Å²) in [6, 6.07) is 5.83. The van der Waals surface area contributed by atoms with Crippen LogP contribution in [0.1, 0.15) is 31.7 Å². The van der Waals surface area contributed by atoms with Crippen molar-refractivity contribution in [2.45, 2.75) is 32.6 Å². The number of imide groups is 1. The van der Waals surface area contributed by atoms with E-state index in [0.29, 0.717) is 11.8 Å². The zero-order valence-electron chi connectivity index (χ0n) is 12.0. The van der Waals surface area contributed by atoms with Crippen LogP contribution in [-0.2, 0) is 16.0 Å². The second kappa shape index (κ2) is 4.67. The summed E-state index contributed by atoms with van der Waals surface area (Å²) >= 11 is 3.47. The van der Waals surface area contributed by atoms with Crippen LogP contribution in [0.25, 0.3) is 0 Å². The van der Waals surface area contributed by atoms with Gasteiger partial charge in [0.1, 0.15) is 0 Å². The molecule has 3 aliphatic rings. The molecule has 0 aromatic heterocycles. The van der Waals surface area contributed by atoms with Gasteiger partial charge in [0.15, 0.2) is 0 Å². The third kappa shape index (κ3) is 1.78. The summed E-state index contributed by atoms with van der Waals surface area (Å²) in [7, 11) is 0. The highest BCUT2D eigenvalue weighted by Gasteiger charge is 2.61. The van der Waals surface area contributed by atoms with Crippen LogP contribution in [0, 0.1) is 23.7 Å². The van der Waals surface area contributed by atoms with Gasteiger partial charge in [-0.05, 0) is 61.3 Å². The molecule has 0 spiro atoms. The minimum atomic E-state index is -0.0374. The summed E-state index contributed by atoms with van der Waals surface area (Å²) in [5.74, 6) is 0.918. The summed E-state index contributed by atoms with van der Waals surface area (Å²) in [5, 5.41) is 0. The van der Waals surface area contributed by atoms with E-state index < -0.39 is 0 Å². The van der Waals surface area contributed by atoms with Crippen molar-refractivity contribution in [3.8, 4) is 0 Å². The van der Waals surface area contributed by atoms with E-state index in [1.807, 2.05) is 18.2 Å². The highest BCUT2D eigenvalue weighted by atomic mass is 79.9. The number of halogens is 1. The van der Waals surface area contributed by atoms with Gasteiger partial charge in [0.05, 0.1) is 17.5 Å². The molecule has 1 aromatic rings. The molecule has 2 aliphatic carbocycles. The van der Waals surface area contributed by atoms with Crippen molar-refractivity contribution in [2.75, 3.05) is 4.90 Å². The SMILES string of the molecule is CCc1cc(Br)ccc1N1C(=O)[C@@H]2[C@H]3CC[C@@H](C3)[C@H]2C1=O. The lowest BCUT2D eigenvalue weighted by atomic mass is 9.81. The van der Waals surface area contributed by atoms with Gasteiger partial charge in [-0.2, -0.15) is 0 Å². The summed E-state index contributed by atoms with van der Waals surface area (Å²) in [6.07, 6.45) is 4.15. The van der Waals surface area contributed by atoms with Gasteiger partial charge in [0.25, 0.3) is 0 Å². The van der Waals surface area contributed by atoms with Gasteiger partial charge < -0.3 is 0 Å². The fraction of sp³-hybridized carbons (Fsp3) is 0.529. The van der Waals surface area contributed by atoms with Crippen LogP contribution >= 0.6 is 15.9 Å². The lowest BCUT2D eigenvalue weighted by Crippen LogP contribution is -2.33. The Morgan fingerprint density at radius 3 is 2.33 bits per heavy atom. The van der Waals surface area contributed by atoms with Crippen LogP contribution in [-0.4, -0.2) is 11.8 Å². The predicted molar refractivity (Wildman–Crippen MR) is 83.8 cm³/mol. The molecule has 0 N–H and O–H groups in total. The Morgan fingerprint density at radius 1 is 1.14 bits per heavy atom. The van der Waals surface area contributed by atoms with Crippen LogP contribution in [0.3, 0.4) is 0 Å². The molecule has 110 valence electrons. The molecular formula is C17H18BrNO2. The Kier molecular flexibility index (Phi) is 3.00. The Balaban J connectivity index is 1.77. The fourth-order valence-electron chi connectivity index (χ4n) is 4.70. The molecule has 4 atom stereocenters. The van der Waals surface area contributed by atoms with Crippen molar-refractivity contribution in [2.24, 2.45) is 23.7 Å². The zero-order valence-corrected chi connectivity index (χ0v) is 13.6. The largest absolute Gasteiger partial charge is 0.274 e. The van der Waals surface area contributed by atoms with Crippen molar-refractivity contribution in [3.05, 3.63) is 28.2 Å². The Morgan fingerprint density at radius 2 is 1.76 bits per heavy atom. The standard InChI is InChI=1S/C17H18BrNO2/c1-2-9-8-12(18)5-6-13(9)19-16(20)14-10-3-4-11(7-10)15(14)17(19)21/h5-6,8,10-11,14-15H,2-4,7H2,1H3/t10-,11-,14+,15+/m0/s1. The fourth-order valence-corrected chi connectivity index (χ4v) is 5.11. The first-order valence-electron chi connectivity index (χ1n) is 7.78. The maximum Gasteiger partial charge on any atom is 0.237 e. The van der Waals surface area contributed by atoms with Gasteiger partial charge in [-0.1, -0.05) is 22.9 Å². The highest BCUT2D eigenvalue weighted by Crippen LogP contribution is 2.56. The van der Waals surface area contributed by atoms with Crippen LogP contribution in [0.15, 0.2) is 22.7 Å². The third-order valence-electron chi connectivity index (χ3n) is 5.59. The number of carbonyl (C=O) groups excluding carboxylic acids is 2. The quantitative estimate of drug-likeness (QED) is 0.767. The predicted octanol–water partition coefficient (Wildman–Crippen LogP) is 3.55. The van der Waals surface area contributed by atoms with Gasteiger partial charge in [0.2, 0.25) is 11.8 Å². The molecule has 3 fully saturated rings. The summed E-state index contributed by atoms with van der Waals surface area (Å²) in [5.41, 5.74) is 1.85. The van der Waals surface area contributed by atoms with Crippen molar-refractivity contribution >= 4 is 33.4 Å². The van der Waals surface area contributed by atoms with Crippen molar-refractivity contribution in [1.29, 1.82) is 0 Å². The molecule has 1 aliphatic heterocycles. The van der Waals surface area contributed by atoms with E-state index in [-0.39, 0.29) is 23.7 Å². The lowest BCUT2D eigenvalue weighted by molar-refractivity contribution is -0.123. The average Bonchev–Trinajstić information content (AvgIpc) is 3.14. The van der Waals surface area contributed by atoms with E-state index in [4.69, 9.17) is 0 Å². The maximum absolute atomic E-state index is 12.8. The molecule has 2 amide bonds. The Bertz CT molecular complexity index is 614. The van der Waals surface area contributed by atoms with Crippen LogP contribution in [0.5, 0.6) is 0 Å². The highest BCUT2D eigenvalue weighted by molar-refractivity contribution is 9.10. The monoisotopic (exact) mass is 347 g/mol. The molecule has 21 heavy (non-hydrogen) atoms. The number of carbonyl (C=O) groups is 2. The van der Waals surface area contributed by atoms with Gasteiger partial charge >= 0.3 is 0 Å². The van der Waals surface area contributed by atoms with Crippen molar-refractivity contribution in [3.63, 3.8) is 0 Å². The van der Waals surface area contributed by atoms with E-state index in [0.717, 1.165) is 41.4 Å². The smallest absolute Gasteiger partial charge is 0.237 e. The number of rotatable bonds is 2. The molecule has 4 heteroatoms. The number of benzene rings is 1. The molecule has 2 saturated carbocycles. The second-order valence-electron chi connectivity index (χ2n) is 6.52. The van der Waals surface area contributed by atoms with E-state index >= 15 is 0 Å². The molecule has 1 saturated heterocycles. The van der Waals surface area contributed by atoms with E-state index in [1.165, 1.54) is 4.90 Å². The third-order valence-corrected chi connectivity index (χ3v) is 6.08. The molecular weight excluding hydrogens is 330 g/mol. The molecule has 4 rings (SSSR count). The average molecular weight is 348 g/mol. The minimum absolute atomic E-state index is 0.0374. The molecule has 1 aromatic carbocycles. The lowest BCUT2D eigenvalue weighted by Gasteiger charge is -2.20. The van der Waals surface area contributed by atoms with Gasteiger partial charge in [0, 0.05) is 4.47 Å². The number of aryl methyl sites for hydroxylation is 1. The van der Waals surface area contributed by atoms with E-state index in [1.54, 1.807) is 0 Å². The van der Waals surface area contributed by atoms with Gasteiger partial charge in [-0.25, -0.2) is 4.90 Å². The summed E-state index contributed by atoms with van der Waals surface area (Å²) < 4.78 is 0.988. The normalized spacial score (nSPS) is 33.9. The number of hydrogen-bond donors (Lipinski definition) is 0. The number of anilines is 1.